The molecule has 0 unspecified atom stereocenters. The molecule has 2 aromatic rings. The molecule has 2 aromatic carbocycles. The van der Waals surface area contributed by atoms with E-state index in [9.17, 15) is 0 Å². The van der Waals surface area contributed by atoms with Gasteiger partial charge in [-0.15, -0.1) is 0 Å². The van der Waals surface area contributed by atoms with E-state index in [0.717, 1.165) is 57.3 Å². The second kappa shape index (κ2) is 11.9. The minimum absolute atomic E-state index is 0.679. The number of nitrogens with one attached hydrogen (secondary N) is 1. The van der Waals surface area contributed by atoms with Gasteiger partial charge in [0.25, 0.3) is 0 Å². The SMILES string of the molecule is Clc1ccc(CSCCNCCSCc2ccc(Cl)cc2Cl)c(Cl)c1. The summed E-state index contributed by atoms with van der Waals surface area (Å²) >= 11 is 27.9. The topological polar surface area (TPSA) is 12.0 Å². The zero-order chi connectivity index (χ0) is 18.1. The van der Waals surface area contributed by atoms with Crippen LogP contribution in [0.15, 0.2) is 36.4 Å². The molecule has 0 fully saturated rings. The van der Waals surface area contributed by atoms with E-state index in [1.165, 1.54) is 0 Å². The lowest BCUT2D eigenvalue weighted by Gasteiger charge is -2.07. The second-order valence-electron chi connectivity index (χ2n) is 5.33. The van der Waals surface area contributed by atoms with E-state index in [2.05, 4.69) is 5.32 Å². The van der Waals surface area contributed by atoms with Crippen LogP contribution < -0.4 is 5.32 Å². The van der Waals surface area contributed by atoms with Crippen LogP contribution in [0.25, 0.3) is 0 Å². The van der Waals surface area contributed by atoms with Crippen molar-refractivity contribution in [2.75, 3.05) is 24.6 Å². The fourth-order valence-corrected chi connectivity index (χ4v) is 4.97. The highest BCUT2D eigenvalue weighted by molar-refractivity contribution is 7.98. The minimum atomic E-state index is 0.679. The van der Waals surface area contributed by atoms with Crippen molar-refractivity contribution in [2.45, 2.75) is 11.5 Å². The van der Waals surface area contributed by atoms with Crippen LogP contribution in [-0.4, -0.2) is 24.6 Å². The molecule has 0 saturated carbocycles. The Bertz CT molecular complexity index is 625. The van der Waals surface area contributed by atoms with E-state index < -0.39 is 0 Å². The third kappa shape index (κ3) is 8.21. The maximum Gasteiger partial charge on any atom is 0.0461 e. The molecular weight excluding hydrogens is 436 g/mol. The molecule has 136 valence electrons. The van der Waals surface area contributed by atoms with Crippen LogP contribution in [0, 0.1) is 0 Å². The molecular formula is C18H19Cl4NS2. The lowest BCUT2D eigenvalue weighted by atomic mass is 10.2. The molecule has 7 heteroatoms. The highest BCUT2D eigenvalue weighted by Crippen LogP contribution is 2.25. The number of rotatable bonds is 10. The van der Waals surface area contributed by atoms with Crippen molar-refractivity contribution in [3.8, 4) is 0 Å². The summed E-state index contributed by atoms with van der Waals surface area (Å²) in [5.41, 5.74) is 2.26. The zero-order valence-electron chi connectivity index (χ0n) is 13.5. The van der Waals surface area contributed by atoms with Gasteiger partial charge in [0, 0.05) is 56.2 Å². The summed E-state index contributed by atoms with van der Waals surface area (Å²) in [5, 5.41) is 6.29. The standard InChI is InChI=1S/C18H19Cl4NS2/c19-15-3-1-13(17(21)9-15)11-24-7-5-23-6-8-25-12-14-2-4-16(20)10-18(14)22/h1-4,9-10,23H,5-8,11-12H2. The van der Waals surface area contributed by atoms with E-state index in [0.29, 0.717) is 10.0 Å². The van der Waals surface area contributed by atoms with Gasteiger partial charge in [-0.2, -0.15) is 23.5 Å². The van der Waals surface area contributed by atoms with Gasteiger partial charge in [-0.1, -0.05) is 58.5 Å². The quantitative estimate of drug-likeness (QED) is 0.386. The summed E-state index contributed by atoms with van der Waals surface area (Å²) in [7, 11) is 0. The van der Waals surface area contributed by atoms with Crippen molar-refractivity contribution in [1.82, 2.24) is 5.32 Å². The molecule has 2 rings (SSSR count). The Morgan fingerprint density at radius 3 is 1.52 bits per heavy atom. The number of benzene rings is 2. The van der Waals surface area contributed by atoms with Crippen molar-refractivity contribution >= 4 is 69.9 Å². The van der Waals surface area contributed by atoms with Crippen molar-refractivity contribution in [1.29, 1.82) is 0 Å². The predicted molar refractivity (Wildman–Crippen MR) is 118 cm³/mol. The number of hydrogen-bond donors (Lipinski definition) is 1. The molecule has 0 radical (unpaired) electrons. The third-order valence-corrected chi connectivity index (χ3v) is 6.58. The van der Waals surface area contributed by atoms with Gasteiger partial charge < -0.3 is 5.32 Å². The van der Waals surface area contributed by atoms with Gasteiger partial charge >= 0.3 is 0 Å². The van der Waals surface area contributed by atoms with Crippen LogP contribution in [0.1, 0.15) is 11.1 Å². The summed E-state index contributed by atoms with van der Waals surface area (Å²) in [5.74, 6) is 3.91. The number of hydrogen-bond acceptors (Lipinski definition) is 3. The van der Waals surface area contributed by atoms with Gasteiger partial charge in [-0.05, 0) is 35.4 Å². The maximum absolute atomic E-state index is 6.16. The van der Waals surface area contributed by atoms with Gasteiger partial charge in [-0.3, -0.25) is 0 Å². The Hall–Kier alpha value is 0.260. The Morgan fingerprint density at radius 2 is 1.12 bits per heavy atom. The van der Waals surface area contributed by atoms with E-state index in [1.807, 2.05) is 47.8 Å². The van der Waals surface area contributed by atoms with E-state index in [4.69, 9.17) is 46.4 Å². The Kier molecular flexibility index (Phi) is 10.2. The highest BCUT2D eigenvalue weighted by Gasteiger charge is 2.02. The normalized spacial score (nSPS) is 11.0. The zero-order valence-corrected chi connectivity index (χ0v) is 18.2. The van der Waals surface area contributed by atoms with Crippen molar-refractivity contribution in [2.24, 2.45) is 0 Å². The molecule has 0 aliphatic rings. The molecule has 0 saturated heterocycles. The van der Waals surface area contributed by atoms with Crippen LogP contribution >= 0.6 is 69.9 Å². The van der Waals surface area contributed by atoms with Crippen LogP contribution in [0.5, 0.6) is 0 Å². The molecule has 0 heterocycles. The molecule has 0 amide bonds. The fraction of sp³-hybridized carbons (Fsp3) is 0.333. The first-order chi connectivity index (χ1) is 12.1. The van der Waals surface area contributed by atoms with Crippen LogP contribution in [0.2, 0.25) is 20.1 Å². The average molecular weight is 455 g/mol. The molecule has 0 aliphatic heterocycles. The molecule has 0 bridgehead atoms. The fourth-order valence-electron chi connectivity index (χ4n) is 2.06. The van der Waals surface area contributed by atoms with Gasteiger partial charge in [-0.25, -0.2) is 0 Å². The molecule has 25 heavy (non-hydrogen) atoms. The highest BCUT2D eigenvalue weighted by atomic mass is 35.5. The van der Waals surface area contributed by atoms with Crippen molar-refractivity contribution < 1.29 is 0 Å². The molecule has 0 atom stereocenters. The van der Waals surface area contributed by atoms with E-state index in [-0.39, 0.29) is 0 Å². The van der Waals surface area contributed by atoms with Crippen LogP contribution in [0.3, 0.4) is 0 Å². The Morgan fingerprint density at radius 1 is 0.680 bits per heavy atom. The van der Waals surface area contributed by atoms with Gasteiger partial charge in [0.1, 0.15) is 0 Å². The van der Waals surface area contributed by atoms with E-state index in [1.54, 1.807) is 12.1 Å². The maximum atomic E-state index is 6.16. The average Bonchev–Trinajstić information content (AvgIpc) is 2.56. The summed E-state index contributed by atoms with van der Waals surface area (Å²) in [6, 6.07) is 11.3. The summed E-state index contributed by atoms with van der Waals surface area (Å²) in [6.07, 6.45) is 0. The lowest BCUT2D eigenvalue weighted by Crippen LogP contribution is -2.20. The summed E-state index contributed by atoms with van der Waals surface area (Å²) < 4.78 is 0. The van der Waals surface area contributed by atoms with Crippen LogP contribution in [0.4, 0.5) is 0 Å². The minimum Gasteiger partial charge on any atom is -0.315 e. The first-order valence-electron chi connectivity index (χ1n) is 7.80. The first kappa shape index (κ1) is 21.6. The van der Waals surface area contributed by atoms with Crippen LogP contribution in [-0.2, 0) is 11.5 Å². The molecule has 0 aromatic heterocycles. The van der Waals surface area contributed by atoms with Gasteiger partial charge in [0.15, 0.2) is 0 Å². The first-order valence-corrected chi connectivity index (χ1v) is 11.6. The molecule has 1 nitrogen and oxygen atoms in total. The molecule has 1 N–H and O–H groups in total. The Balaban J connectivity index is 1.51. The lowest BCUT2D eigenvalue weighted by molar-refractivity contribution is 0.774. The second-order valence-corrected chi connectivity index (χ2v) is 9.22. The number of thioether (sulfide) groups is 2. The molecule has 0 aliphatic carbocycles. The molecule has 0 spiro atoms. The smallest absolute Gasteiger partial charge is 0.0461 e. The summed E-state index contributed by atoms with van der Waals surface area (Å²) in [6.45, 7) is 1.97. The number of halogens is 4. The Labute approximate surface area is 178 Å². The van der Waals surface area contributed by atoms with E-state index >= 15 is 0 Å². The van der Waals surface area contributed by atoms with Crippen molar-refractivity contribution in [3.63, 3.8) is 0 Å². The van der Waals surface area contributed by atoms with Gasteiger partial charge in [0.05, 0.1) is 0 Å². The van der Waals surface area contributed by atoms with Crippen molar-refractivity contribution in [3.05, 3.63) is 67.6 Å². The largest absolute Gasteiger partial charge is 0.315 e. The van der Waals surface area contributed by atoms with Gasteiger partial charge in [0.2, 0.25) is 0 Å². The predicted octanol–water partition coefficient (Wildman–Crippen LogP) is 7.06. The third-order valence-electron chi connectivity index (χ3n) is 3.39. The monoisotopic (exact) mass is 453 g/mol. The summed E-state index contributed by atoms with van der Waals surface area (Å²) in [4.78, 5) is 0.